The summed E-state index contributed by atoms with van der Waals surface area (Å²) in [6.07, 6.45) is 3.16. The number of benzene rings is 3. The fraction of sp³-hybridized carbons (Fsp3) is 0.290. The minimum Gasteiger partial charge on any atom is -0.492 e. The van der Waals surface area contributed by atoms with Crippen LogP contribution < -0.4 is 20.1 Å². The van der Waals surface area contributed by atoms with Gasteiger partial charge in [0.25, 0.3) is 11.8 Å². The first kappa shape index (κ1) is 32.5. The van der Waals surface area contributed by atoms with E-state index in [1.807, 2.05) is 58.0 Å². The molecule has 0 spiro atoms. The van der Waals surface area contributed by atoms with E-state index in [4.69, 9.17) is 16.3 Å². The van der Waals surface area contributed by atoms with E-state index in [1.165, 1.54) is 36.2 Å². The third kappa shape index (κ3) is 7.74. The number of hydrogen-bond acceptors (Lipinski definition) is 7. The summed E-state index contributed by atoms with van der Waals surface area (Å²) in [6.45, 7) is 7.87. The number of anilines is 2. The highest BCUT2D eigenvalue weighted by molar-refractivity contribution is 7.92. The van der Waals surface area contributed by atoms with Crippen LogP contribution in [0.3, 0.4) is 0 Å². The van der Waals surface area contributed by atoms with Crippen LogP contribution in [0, 0.1) is 0 Å². The van der Waals surface area contributed by atoms with Crippen LogP contribution in [0.25, 0.3) is 5.69 Å². The fourth-order valence-corrected chi connectivity index (χ4v) is 5.25. The number of carbonyl (C=O) groups is 2. The molecule has 1 unspecified atom stereocenters. The van der Waals surface area contributed by atoms with E-state index in [2.05, 4.69) is 25.7 Å². The second kappa shape index (κ2) is 13.1. The zero-order valence-corrected chi connectivity index (χ0v) is 26.9. The summed E-state index contributed by atoms with van der Waals surface area (Å²) in [5, 5.41) is 14.2. The highest BCUT2D eigenvalue weighted by Crippen LogP contribution is 2.39. The minimum atomic E-state index is -3.64. The number of nitrogens with one attached hydrogen (secondary N) is 3. The van der Waals surface area contributed by atoms with Crippen LogP contribution >= 0.6 is 11.6 Å². The second-order valence-electron chi connectivity index (χ2n) is 11.2. The van der Waals surface area contributed by atoms with E-state index in [0.29, 0.717) is 12.1 Å². The molecule has 4 aromatic rings. The second-order valence-corrected chi connectivity index (χ2v) is 13.4. The highest BCUT2D eigenvalue weighted by atomic mass is 35.5. The van der Waals surface area contributed by atoms with Gasteiger partial charge in [-0.05, 0) is 53.3 Å². The number of amides is 2. The average Bonchev–Trinajstić information content (AvgIpc) is 3.45. The molecule has 0 saturated heterocycles. The Hall–Kier alpha value is -4.42. The van der Waals surface area contributed by atoms with Crippen LogP contribution in [0.2, 0.25) is 5.02 Å². The van der Waals surface area contributed by atoms with Gasteiger partial charge in [0.15, 0.2) is 11.4 Å². The van der Waals surface area contributed by atoms with Crippen LogP contribution in [0.15, 0.2) is 66.9 Å². The molecule has 11 nitrogen and oxygen atoms in total. The number of sulfonamides is 1. The lowest BCUT2D eigenvalue weighted by atomic mass is 9.86. The van der Waals surface area contributed by atoms with Gasteiger partial charge in [-0.2, -0.15) is 0 Å². The molecule has 0 aliphatic heterocycles. The Morgan fingerprint density at radius 1 is 1.02 bits per heavy atom. The molecule has 0 saturated carbocycles. The fourth-order valence-electron chi connectivity index (χ4n) is 4.50. The van der Waals surface area contributed by atoms with Gasteiger partial charge >= 0.3 is 0 Å². The van der Waals surface area contributed by atoms with Gasteiger partial charge in [0.1, 0.15) is 0 Å². The summed E-state index contributed by atoms with van der Waals surface area (Å²) >= 11 is 6.47. The van der Waals surface area contributed by atoms with Gasteiger partial charge in [-0.25, -0.2) is 13.1 Å². The van der Waals surface area contributed by atoms with Crippen LogP contribution in [-0.2, 0) is 15.4 Å². The molecule has 4 rings (SSSR count). The number of hydrogen-bond donors (Lipinski definition) is 3. The van der Waals surface area contributed by atoms with Gasteiger partial charge in [0.05, 0.1) is 47.7 Å². The Morgan fingerprint density at radius 3 is 2.32 bits per heavy atom. The van der Waals surface area contributed by atoms with Crippen LogP contribution in [0.5, 0.6) is 5.75 Å². The van der Waals surface area contributed by atoms with Gasteiger partial charge in [-0.3, -0.25) is 14.3 Å². The molecule has 0 aliphatic rings. The lowest BCUT2D eigenvalue weighted by Gasteiger charge is -2.24. The largest absolute Gasteiger partial charge is 0.492 e. The number of halogens is 1. The van der Waals surface area contributed by atoms with Crippen molar-refractivity contribution in [3.8, 4) is 11.4 Å². The normalized spacial score (nSPS) is 12.3. The van der Waals surface area contributed by atoms with Gasteiger partial charge in [0.2, 0.25) is 10.0 Å². The van der Waals surface area contributed by atoms with Crippen molar-refractivity contribution in [2.45, 2.75) is 45.6 Å². The quantitative estimate of drug-likeness (QED) is 0.201. The third-order valence-corrected chi connectivity index (χ3v) is 7.71. The molecule has 0 bridgehead atoms. The molecule has 0 fully saturated rings. The van der Waals surface area contributed by atoms with Crippen molar-refractivity contribution in [2.24, 2.45) is 0 Å². The lowest BCUT2D eigenvalue weighted by Crippen LogP contribution is -2.28. The van der Waals surface area contributed by atoms with E-state index in [0.717, 1.165) is 17.4 Å². The first-order valence-corrected chi connectivity index (χ1v) is 16.1. The van der Waals surface area contributed by atoms with Gasteiger partial charge in [-0.1, -0.05) is 74.8 Å². The van der Waals surface area contributed by atoms with E-state index >= 15 is 0 Å². The molecule has 3 aromatic carbocycles. The molecule has 44 heavy (non-hydrogen) atoms. The average molecular weight is 639 g/mol. The molecule has 1 atom stereocenters. The van der Waals surface area contributed by atoms with E-state index in [-0.39, 0.29) is 44.9 Å². The predicted octanol–water partition coefficient (Wildman–Crippen LogP) is 5.73. The maximum atomic E-state index is 13.5. The third-order valence-electron chi connectivity index (χ3n) is 6.80. The smallest absolute Gasteiger partial charge is 0.273 e. The molecule has 1 heterocycles. The summed E-state index contributed by atoms with van der Waals surface area (Å²) in [4.78, 5) is 26.5. The van der Waals surface area contributed by atoms with E-state index < -0.39 is 21.8 Å². The van der Waals surface area contributed by atoms with Crippen molar-refractivity contribution in [3.05, 3.63) is 94.3 Å². The number of nitrogens with zero attached hydrogens (tertiary/aromatic N) is 3. The lowest BCUT2D eigenvalue weighted by molar-refractivity contribution is 0.0929. The van der Waals surface area contributed by atoms with Crippen LogP contribution in [-0.4, -0.2) is 48.6 Å². The Balaban J connectivity index is 1.62. The van der Waals surface area contributed by atoms with Crippen LogP contribution in [0.4, 0.5) is 11.4 Å². The van der Waals surface area contributed by atoms with Crippen molar-refractivity contribution in [1.82, 2.24) is 20.3 Å². The molecule has 232 valence electrons. The van der Waals surface area contributed by atoms with Gasteiger partial charge < -0.3 is 15.4 Å². The van der Waals surface area contributed by atoms with Crippen molar-refractivity contribution >= 4 is 44.8 Å². The predicted molar refractivity (Wildman–Crippen MR) is 171 cm³/mol. The molecule has 2 amide bonds. The molecule has 0 aliphatic carbocycles. The first-order chi connectivity index (χ1) is 20.7. The summed E-state index contributed by atoms with van der Waals surface area (Å²) < 4.78 is 33.4. The molecule has 3 N–H and O–H groups in total. The maximum Gasteiger partial charge on any atom is 0.273 e. The zero-order chi connectivity index (χ0) is 32.2. The van der Waals surface area contributed by atoms with Crippen molar-refractivity contribution in [3.63, 3.8) is 0 Å². The van der Waals surface area contributed by atoms with Gasteiger partial charge in [0, 0.05) is 5.56 Å². The maximum absolute atomic E-state index is 13.5. The first-order valence-electron chi connectivity index (χ1n) is 13.8. The summed E-state index contributed by atoms with van der Waals surface area (Å²) in [5.41, 5.74) is 2.47. The van der Waals surface area contributed by atoms with E-state index in [1.54, 1.807) is 12.1 Å². The summed E-state index contributed by atoms with van der Waals surface area (Å²) in [6, 6.07) is 17.4. The SMILES string of the molecule is CCC(NC(=O)c1cn(-c2cc(C(=O)Nc3cc(C(C)(C)C)cc(NS(C)(=O)=O)c3OC)ccc2Cl)nn1)c1ccccc1. The Kier molecular flexibility index (Phi) is 9.65. The number of rotatable bonds is 10. The number of aromatic nitrogens is 3. The van der Waals surface area contributed by atoms with Gasteiger partial charge in [-0.15, -0.1) is 5.10 Å². The standard InChI is InChI=1S/C31H35ClN6O5S/c1-7-23(19-11-9-8-10-12-19)33-30(40)26-18-38(37-35-26)27-15-20(13-14-22(27)32)29(39)34-24-16-21(31(2,3)4)17-25(28(24)43-5)36-44(6,41)42/h8-18,23,36H,7H2,1-6H3,(H,33,40)(H,34,39). The van der Waals surface area contributed by atoms with Crippen LogP contribution in [0.1, 0.15) is 72.1 Å². The van der Waals surface area contributed by atoms with E-state index in [9.17, 15) is 18.0 Å². The molecule has 13 heteroatoms. The number of carbonyl (C=O) groups excluding carboxylic acids is 2. The molecule has 1 aromatic heterocycles. The van der Waals surface area contributed by atoms with Crippen molar-refractivity contribution in [1.29, 1.82) is 0 Å². The topological polar surface area (TPSA) is 144 Å². The summed E-state index contributed by atoms with van der Waals surface area (Å²) in [5.74, 6) is -0.760. The number of methoxy groups -OCH3 is 1. The highest BCUT2D eigenvalue weighted by Gasteiger charge is 2.23. The Bertz CT molecular complexity index is 1780. The zero-order valence-electron chi connectivity index (χ0n) is 25.3. The summed E-state index contributed by atoms with van der Waals surface area (Å²) in [7, 11) is -2.25. The van der Waals surface area contributed by atoms with Crippen molar-refractivity contribution < 1.29 is 22.7 Å². The Morgan fingerprint density at radius 2 is 1.70 bits per heavy atom. The number of ether oxygens (including phenoxy) is 1. The molecule has 0 radical (unpaired) electrons. The molecular formula is C31H35ClN6O5S. The molecular weight excluding hydrogens is 604 g/mol. The van der Waals surface area contributed by atoms with Crippen molar-refractivity contribution in [2.75, 3.05) is 23.4 Å². The minimum absolute atomic E-state index is 0.0833. The monoisotopic (exact) mass is 638 g/mol. The Labute approximate surface area is 262 Å².